The zero-order valence-corrected chi connectivity index (χ0v) is 14.7. The zero-order valence-electron chi connectivity index (χ0n) is 14.7. The number of hydrogen-bond acceptors (Lipinski definition) is 3. The van der Waals surface area contributed by atoms with Crippen LogP contribution in [0.5, 0.6) is 5.75 Å². The van der Waals surface area contributed by atoms with Crippen molar-refractivity contribution >= 4 is 17.5 Å². The molecule has 2 aromatic rings. The van der Waals surface area contributed by atoms with Crippen molar-refractivity contribution in [1.29, 1.82) is 0 Å². The van der Waals surface area contributed by atoms with Crippen LogP contribution in [0.4, 0.5) is 5.69 Å². The fourth-order valence-corrected chi connectivity index (χ4v) is 3.15. The second kappa shape index (κ2) is 6.97. The van der Waals surface area contributed by atoms with E-state index < -0.39 is 6.04 Å². The van der Waals surface area contributed by atoms with E-state index in [-0.39, 0.29) is 11.8 Å². The minimum Gasteiger partial charge on any atom is -0.497 e. The molecule has 3 rings (SSSR count). The highest BCUT2D eigenvalue weighted by atomic mass is 16.5. The van der Waals surface area contributed by atoms with Crippen molar-refractivity contribution in [2.75, 3.05) is 25.1 Å². The standard InChI is InChI=1S/C20H22N2O3/c1-14-7-4-5-10-18(14)20(24)21-11-12-22(19(23)15(21)2)16-8-6-9-17(13-16)25-3/h4-10,13,15H,11-12H2,1-3H3/t15-/m1/s1. The summed E-state index contributed by atoms with van der Waals surface area (Å²) in [5.74, 6) is 0.530. The molecule has 0 saturated carbocycles. The Morgan fingerprint density at radius 2 is 1.88 bits per heavy atom. The largest absolute Gasteiger partial charge is 0.497 e. The lowest BCUT2D eigenvalue weighted by Crippen LogP contribution is -2.57. The van der Waals surface area contributed by atoms with Crippen LogP contribution < -0.4 is 9.64 Å². The van der Waals surface area contributed by atoms with E-state index in [2.05, 4.69) is 0 Å². The van der Waals surface area contributed by atoms with Gasteiger partial charge in [0.2, 0.25) is 5.91 Å². The third-order valence-corrected chi connectivity index (χ3v) is 4.66. The van der Waals surface area contributed by atoms with E-state index in [1.807, 2.05) is 55.5 Å². The van der Waals surface area contributed by atoms with Crippen LogP contribution in [0.25, 0.3) is 0 Å². The Bertz CT molecular complexity index is 803. The van der Waals surface area contributed by atoms with E-state index in [1.54, 1.807) is 23.8 Å². The Hall–Kier alpha value is -2.82. The summed E-state index contributed by atoms with van der Waals surface area (Å²) in [5.41, 5.74) is 2.36. The van der Waals surface area contributed by atoms with Gasteiger partial charge in [0.25, 0.3) is 5.91 Å². The first kappa shape index (κ1) is 17.0. The normalized spacial score (nSPS) is 17.6. The Kier molecular flexibility index (Phi) is 4.74. The van der Waals surface area contributed by atoms with Gasteiger partial charge in [0, 0.05) is 30.4 Å². The van der Waals surface area contributed by atoms with Crippen molar-refractivity contribution in [1.82, 2.24) is 4.90 Å². The molecule has 130 valence electrons. The van der Waals surface area contributed by atoms with Crippen molar-refractivity contribution in [3.63, 3.8) is 0 Å². The molecule has 1 aliphatic rings. The molecule has 1 aliphatic heterocycles. The van der Waals surface area contributed by atoms with Crippen LogP contribution >= 0.6 is 0 Å². The number of hydrogen-bond donors (Lipinski definition) is 0. The molecule has 0 aromatic heterocycles. The van der Waals surface area contributed by atoms with Gasteiger partial charge in [0.05, 0.1) is 7.11 Å². The lowest BCUT2D eigenvalue weighted by atomic mass is 10.0. The second-order valence-corrected chi connectivity index (χ2v) is 6.18. The van der Waals surface area contributed by atoms with Gasteiger partial charge in [0.1, 0.15) is 11.8 Å². The Balaban J connectivity index is 1.82. The molecule has 2 aromatic carbocycles. The number of rotatable bonds is 3. The third-order valence-electron chi connectivity index (χ3n) is 4.66. The van der Waals surface area contributed by atoms with Crippen LogP contribution in [0.3, 0.4) is 0 Å². The summed E-state index contributed by atoms with van der Waals surface area (Å²) in [4.78, 5) is 29.1. The molecule has 1 heterocycles. The smallest absolute Gasteiger partial charge is 0.254 e. The number of nitrogens with zero attached hydrogens (tertiary/aromatic N) is 2. The minimum atomic E-state index is -0.507. The number of anilines is 1. The molecule has 1 atom stereocenters. The van der Waals surface area contributed by atoms with E-state index in [4.69, 9.17) is 4.74 Å². The first-order valence-electron chi connectivity index (χ1n) is 8.35. The predicted octanol–water partition coefficient (Wildman–Crippen LogP) is 2.88. The fourth-order valence-electron chi connectivity index (χ4n) is 3.15. The van der Waals surface area contributed by atoms with E-state index >= 15 is 0 Å². The maximum atomic E-state index is 12.9. The van der Waals surface area contributed by atoms with Gasteiger partial charge in [-0.05, 0) is 37.6 Å². The predicted molar refractivity (Wildman–Crippen MR) is 97.0 cm³/mol. The summed E-state index contributed by atoms with van der Waals surface area (Å²) in [6.45, 7) is 4.66. The highest BCUT2D eigenvalue weighted by Crippen LogP contribution is 2.25. The number of ether oxygens (including phenoxy) is 1. The first-order chi connectivity index (χ1) is 12.0. The van der Waals surface area contributed by atoms with Crippen molar-refractivity contribution in [3.05, 3.63) is 59.7 Å². The zero-order chi connectivity index (χ0) is 18.0. The van der Waals surface area contributed by atoms with Gasteiger partial charge in [-0.15, -0.1) is 0 Å². The van der Waals surface area contributed by atoms with Crippen molar-refractivity contribution in [2.24, 2.45) is 0 Å². The van der Waals surface area contributed by atoms with E-state index in [0.29, 0.717) is 24.4 Å². The molecular weight excluding hydrogens is 316 g/mol. The average Bonchev–Trinajstić information content (AvgIpc) is 2.64. The van der Waals surface area contributed by atoms with Crippen LogP contribution in [0.2, 0.25) is 0 Å². The number of aryl methyl sites for hydroxylation is 1. The highest BCUT2D eigenvalue weighted by Gasteiger charge is 2.35. The van der Waals surface area contributed by atoms with Crippen LogP contribution in [-0.2, 0) is 4.79 Å². The summed E-state index contributed by atoms with van der Waals surface area (Å²) in [5, 5.41) is 0. The molecule has 0 bridgehead atoms. The summed E-state index contributed by atoms with van der Waals surface area (Å²) in [7, 11) is 1.60. The van der Waals surface area contributed by atoms with Crippen LogP contribution in [-0.4, -0.2) is 43.0 Å². The fraction of sp³-hybridized carbons (Fsp3) is 0.300. The molecule has 0 spiro atoms. The van der Waals surface area contributed by atoms with Crippen LogP contribution in [0.15, 0.2) is 48.5 Å². The molecular formula is C20H22N2O3. The summed E-state index contributed by atoms with van der Waals surface area (Å²) >= 11 is 0. The molecule has 0 radical (unpaired) electrons. The van der Waals surface area contributed by atoms with Crippen molar-refractivity contribution < 1.29 is 14.3 Å². The number of amides is 2. The molecule has 1 saturated heterocycles. The average molecular weight is 338 g/mol. The Morgan fingerprint density at radius 3 is 2.60 bits per heavy atom. The van der Waals surface area contributed by atoms with Gasteiger partial charge in [0.15, 0.2) is 0 Å². The number of carbonyl (C=O) groups excluding carboxylic acids is 2. The Labute approximate surface area is 147 Å². The molecule has 0 aliphatic carbocycles. The molecule has 0 unspecified atom stereocenters. The van der Waals surface area contributed by atoms with E-state index in [9.17, 15) is 9.59 Å². The Morgan fingerprint density at radius 1 is 1.12 bits per heavy atom. The van der Waals surface area contributed by atoms with Gasteiger partial charge in [-0.1, -0.05) is 24.3 Å². The summed E-state index contributed by atoms with van der Waals surface area (Å²) in [6, 6.07) is 14.4. The lowest BCUT2D eigenvalue weighted by molar-refractivity contribution is -0.124. The third kappa shape index (κ3) is 3.22. The molecule has 1 fully saturated rings. The van der Waals surface area contributed by atoms with Gasteiger partial charge < -0.3 is 14.5 Å². The van der Waals surface area contributed by atoms with Gasteiger partial charge >= 0.3 is 0 Å². The van der Waals surface area contributed by atoms with E-state index in [1.165, 1.54) is 0 Å². The van der Waals surface area contributed by atoms with Crippen LogP contribution in [0, 0.1) is 6.92 Å². The summed E-state index contributed by atoms with van der Waals surface area (Å²) < 4.78 is 5.24. The molecule has 25 heavy (non-hydrogen) atoms. The lowest BCUT2D eigenvalue weighted by Gasteiger charge is -2.39. The number of carbonyl (C=O) groups is 2. The molecule has 2 amide bonds. The highest BCUT2D eigenvalue weighted by molar-refractivity contribution is 6.04. The summed E-state index contributed by atoms with van der Waals surface area (Å²) in [6.07, 6.45) is 0. The monoisotopic (exact) mass is 338 g/mol. The quantitative estimate of drug-likeness (QED) is 0.865. The first-order valence-corrected chi connectivity index (χ1v) is 8.35. The molecule has 0 N–H and O–H groups in total. The number of benzene rings is 2. The molecule has 5 heteroatoms. The van der Waals surface area contributed by atoms with Crippen molar-refractivity contribution in [3.8, 4) is 5.75 Å². The van der Waals surface area contributed by atoms with Crippen LogP contribution in [0.1, 0.15) is 22.8 Å². The van der Waals surface area contributed by atoms with E-state index in [0.717, 1.165) is 11.3 Å². The van der Waals surface area contributed by atoms with Gasteiger partial charge in [-0.2, -0.15) is 0 Å². The maximum Gasteiger partial charge on any atom is 0.254 e. The SMILES string of the molecule is COc1cccc(N2CCN(C(=O)c3ccccc3C)[C@H](C)C2=O)c1. The number of piperazine rings is 1. The second-order valence-electron chi connectivity index (χ2n) is 6.18. The molecule has 5 nitrogen and oxygen atoms in total. The van der Waals surface area contributed by atoms with Gasteiger partial charge in [-0.25, -0.2) is 0 Å². The topological polar surface area (TPSA) is 49.9 Å². The van der Waals surface area contributed by atoms with Crippen molar-refractivity contribution in [2.45, 2.75) is 19.9 Å². The van der Waals surface area contributed by atoms with Gasteiger partial charge in [-0.3, -0.25) is 9.59 Å². The number of methoxy groups -OCH3 is 1. The maximum absolute atomic E-state index is 12.9. The minimum absolute atomic E-state index is 0.0820.